The molecule has 18 heavy (non-hydrogen) atoms. The molecule has 3 rings (SSSR count). The van der Waals surface area contributed by atoms with Gasteiger partial charge in [-0.05, 0) is 36.8 Å². The lowest BCUT2D eigenvalue weighted by Gasteiger charge is -2.42. The van der Waals surface area contributed by atoms with E-state index in [2.05, 4.69) is 4.90 Å². The maximum Gasteiger partial charge on any atom is 0.0789 e. The SMILES string of the molecule is Nc1cccc(Cl)c1N1CCC2CCCCC2C1. The zero-order valence-electron chi connectivity index (χ0n) is 10.7. The van der Waals surface area contributed by atoms with Gasteiger partial charge in [0.1, 0.15) is 0 Å². The Balaban J connectivity index is 1.81. The lowest BCUT2D eigenvalue weighted by atomic mass is 9.75. The maximum atomic E-state index is 6.32. The maximum absolute atomic E-state index is 6.32. The van der Waals surface area contributed by atoms with Crippen LogP contribution in [-0.4, -0.2) is 13.1 Å². The summed E-state index contributed by atoms with van der Waals surface area (Å²) in [6.07, 6.45) is 6.93. The highest BCUT2D eigenvalue weighted by Gasteiger charge is 2.32. The number of hydrogen-bond donors (Lipinski definition) is 1. The van der Waals surface area contributed by atoms with Crippen molar-refractivity contribution < 1.29 is 0 Å². The molecule has 1 heterocycles. The Bertz CT molecular complexity index is 412. The minimum Gasteiger partial charge on any atom is -0.397 e. The molecule has 2 aliphatic rings. The zero-order valence-corrected chi connectivity index (χ0v) is 11.5. The molecule has 1 aromatic carbocycles. The fourth-order valence-electron chi connectivity index (χ4n) is 3.67. The summed E-state index contributed by atoms with van der Waals surface area (Å²) in [7, 11) is 0. The number of anilines is 2. The van der Waals surface area contributed by atoms with Crippen molar-refractivity contribution in [1.29, 1.82) is 0 Å². The molecule has 0 bridgehead atoms. The van der Waals surface area contributed by atoms with E-state index in [1.54, 1.807) is 0 Å². The Hall–Kier alpha value is -0.890. The molecular formula is C15H21ClN2. The van der Waals surface area contributed by atoms with Gasteiger partial charge in [-0.3, -0.25) is 0 Å². The Kier molecular flexibility index (Phi) is 3.38. The van der Waals surface area contributed by atoms with Crippen molar-refractivity contribution in [3.05, 3.63) is 23.2 Å². The van der Waals surface area contributed by atoms with E-state index < -0.39 is 0 Å². The molecule has 1 saturated heterocycles. The van der Waals surface area contributed by atoms with Crippen LogP contribution in [0, 0.1) is 11.8 Å². The van der Waals surface area contributed by atoms with E-state index in [0.29, 0.717) is 0 Å². The number of nitrogens with zero attached hydrogens (tertiary/aromatic N) is 1. The van der Waals surface area contributed by atoms with E-state index in [0.717, 1.165) is 41.3 Å². The van der Waals surface area contributed by atoms with Crippen LogP contribution in [0.4, 0.5) is 11.4 Å². The van der Waals surface area contributed by atoms with E-state index in [1.165, 1.54) is 32.1 Å². The van der Waals surface area contributed by atoms with Gasteiger partial charge in [0.2, 0.25) is 0 Å². The first-order valence-corrected chi connectivity index (χ1v) is 7.42. The van der Waals surface area contributed by atoms with E-state index >= 15 is 0 Å². The second-order valence-corrected chi connectivity index (χ2v) is 6.12. The van der Waals surface area contributed by atoms with E-state index in [9.17, 15) is 0 Å². The molecule has 98 valence electrons. The number of fused-ring (bicyclic) bond motifs is 1. The number of rotatable bonds is 1. The van der Waals surface area contributed by atoms with Crippen molar-refractivity contribution in [2.24, 2.45) is 11.8 Å². The second-order valence-electron chi connectivity index (χ2n) is 5.72. The summed E-state index contributed by atoms with van der Waals surface area (Å²) in [5.74, 6) is 1.79. The topological polar surface area (TPSA) is 29.3 Å². The normalized spacial score (nSPS) is 27.9. The predicted octanol–water partition coefficient (Wildman–Crippen LogP) is 3.94. The summed E-state index contributed by atoms with van der Waals surface area (Å²) in [5.41, 5.74) is 7.97. The van der Waals surface area contributed by atoms with Crippen LogP contribution in [0.5, 0.6) is 0 Å². The van der Waals surface area contributed by atoms with Crippen LogP contribution in [-0.2, 0) is 0 Å². The zero-order chi connectivity index (χ0) is 12.5. The Morgan fingerprint density at radius 2 is 1.89 bits per heavy atom. The molecule has 2 fully saturated rings. The number of piperidine rings is 1. The Labute approximate surface area is 114 Å². The lowest BCUT2D eigenvalue weighted by Crippen LogP contribution is -2.42. The fourth-order valence-corrected chi connectivity index (χ4v) is 3.97. The molecule has 0 radical (unpaired) electrons. The molecule has 3 heteroatoms. The summed E-state index contributed by atoms with van der Waals surface area (Å²) in [4.78, 5) is 2.41. The summed E-state index contributed by atoms with van der Waals surface area (Å²) in [6, 6.07) is 5.82. The van der Waals surface area contributed by atoms with Gasteiger partial charge in [0, 0.05) is 13.1 Å². The molecule has 2 atom stereocenters. The number of para-hydroxylation sites is 1. The van der Waals surface area contributed by atoms with Crippen LogP contribution in [0.3, 0.4) is 0 Å². The van der Waals surface area contributed by atoms with Crippen LogP contribution >= 0.6 is 11.6 Å². The van der Waals surface area contributed by atoms with Gasteiger partial charge in [-0.25, -0.2) is 0 Å². The molecule has 2 nitrogen and oxygen atoms in total. The van der Waals surface area contributed by atoms with E-state index in [4.69, 9.17) is 17.3 Å². The van der Waals surface area contributed by atoms with Crippen LogP contribution < -0.4 is 10.6 Å². The number of hydrogen-bond acceptors (Lipinski definition) is 2. The van der Waals surface area contributed by atoms with E-state index in [1.807, 2.05) is 18.2 Å². The number of benzene rings is 1. The van der Waals surface area contributed by atoms with Gasteiger partial charge in [0.05, 0.1) is 16.4 Å². The van der Waals surface area contributed by atoms with Gasteiger partial charge >= 0.3 is 0 Å². The third kappa shape index (κ3) is 2.18. The molecule has 2 N–H and O–H groups in total. The van der Waals surface area contributed by atoms with Crippen molar-refractivity contribution in [1.82, 2.24) is 0 Å². The first kappa shape index (κ1) is 12.2. The molecule has 1 saturated carbocycles. The van der Waals surface area contributed by atoms with Gasteiger partial charge in [-0.2, -0.15) is 0 Å². The minimum absolute atomic E-state index is 0.796. The molecule has 0 spiro atoms. The van der Waals surface area contributed by atoms with Crippen LogP contribution in [0.2, 0.25) is 5.02 Å². The standard InChI is InChI=1S/C15H21ClN2/c16-13-6-3-7-14(17)15(13)18-9-8-11-4-1-2-5-12(11)10-18/h3,6-7,11-12H,1-2,4-5,8-10,17H2. The average Bonchev–Trinajstić information content (AvgIpc) is 2.38. The Morgan fingerprint density at radius 3 is 2.67 bits per heavy atom. The number of halogens is 1. The summed E-state index contributed by atoms with van der Waals surface area (Å²) >= 11 is 6.32. The predicted molar refractivity (Wildman–Crippen MR) is 78.1 cm³/mol. The minimum atomic E-state index is 0.796. The quantitative estimate of drug-likeness (QED) is 0.779. The first-order valence-electron chi connectivity index (χ1n) is 7.04. The van der Waals surface area contributed by atoms with Crippen molar-refractivity contribution >= 4 is 23.0 Å². The van der Waals surface area contributed by atoms with Crippen molar-refractivity contribution in [3.8, 4) is 0 Å². The van der Waals surface area contributed by atoms with Crippen LogP contribution in [0.1, 0.15) is 32.1 Å². The van der Waals surface area contributed by atoms with Crippen molar-refractivity contribution in [2.45, 2.75) is 32.1 Å². The van der Waals surface area contributed by atoms with Gasteiger partial charge in [0.15, 0.2) is 0 Å². The summed E-state index contributed by atoms with van der Waals surface area (Å²) in [6.45, 7) is 2.24. The number of nitrogen functional groups attached to an aromatic ring is 1. The molecular weight excluding hydrogens is 244 g/mol. The number of nitrogens with two attached hydrogens (primary N) is 1. The van der Waals surface area contributed by atoms with Gasteiger partial charge in [-0.15, -0.1) is 0 Å². The second kappa shape index (κ2) is 5.00. The average molecular weight is 265 g/mol. The highest BCUT2D eigenvalue weighted by Crippen LogP contribution is 2.40. The smallest absolute Gasteiger partial charge is 0.0789 e. The molecule has 0 aromatic heterocycles. The lowest BCUT2D eigenvalue weighted by molar-refractivity contribution is 0.202. The Morgan fingerprint density at radius 1 is 1.11 bits per heavy atom. The van der Waals surface area contributed by atoms with Gasteiger partial charge < -0.3 is 10.6 Å². The van der Waals surface area contributed by atoms with Crippen LogP contribution in [0.15, 0.2) is 18.2 Å². The molecule has 2 unspecified atom stereocenters. The third-order valence-corrected chi connectivity index (χ3v) is 4.93. The van der Waals surface area contributed by atoms with E-state index in [-0.39, 0.29) is 0 Å². The van der Waals surface area contributed by atoms with Gasteiger partial charge in [-0.1, -0.05) is 36.9 Å². The highest BCUT2D eigenvalue weighted by atomic mass is 35.5. The fraction of sp³-hybridized carbons (Fsp3) is 0.600. The molecule has 1 aliphatic heterocycles. The molecule has 1 aromatic rings. The summed E-state index contributed by atoms with van der Waals surface area (Å²) < 4.78 is 0. The van der Waals surface area contributed by atoms with Gasteiger partial charge in [0.25, 0.3) is 0 Å². The molecule has 0 amide bonds. The highest BCUT2D eigenvalue weighted by molar-refractivity contribution is 6.34. The third-order valence-electron chi connectivity index (χ3n) is 4.63. The largest absolute Gasteiger partial charge is 0.397 e. The monoisotopic (exact) mass is 264 g/mol. The summed E-state index contributed by atoms with van der Waals surface area (Å²) in [5, 5.41) is 0.796. The van der Waals surface area contributed by atoms with Crippen molar-refractivity contribution in [3.63, 3.8) is 0 Å². The van der Waals surface area contributed by atoms with Crippen molar-refractivity contribution in [2.75, 3.05) is 23.7 Å². The molecule has 1 aliphatic carbocycles. The first-order chi connectivity index (χ1) is 8.75. The van der Waals surface area contributed by atoms with Crippen LogP contribution in [0.25, 0.3) is 0 Å².